The summed E-state index contributed by atoms with van der Waals surface area (Å²) in [5.41, 5.74) is 0.815. The van der Waals surface area contributed by atoms with E-state index < -0.39 is 0 Å². The molecule has 0 unspecified atom stereocenters. The van der Waals surface area contributed by atoms with E-state index in [0.717, 1.165) is 17.1 Å². The number of amides is 1. The first-order valence-electron chi connectivity index (χ1n) is 6.50. The number of aromatic nitrogens is 2. The number of nitrogens with one attached hydrogen (secondary N) is 1. The smallest absolute Gasteiger partial charge is 0.226 e. The summed E-state index contributed by atoms with van der Waals surface area (Å²) in [4.78, 5) is 19.8. The van der Waals surface area contributed by atoms with E-state index >= 15 is 0 Å². The molecule has 4 nitrogen and oxygen atoms in total. The average Bonchev–Trinajstić information content (AvgIpc) is 3.11. The fourth-order valence-corrected chi connectivity index (χ4v) is 3.60. The van der Waals surface area contributed by atoms with Gasteiger partial charge in [0.15, 0.2) is 4.96 Å². The average molecular weight is 305 g/mol. The number of nitrogens with zero attached hydrogens (tertiary/aromatic N) is 2. The molecule has 0 spiro atoms. The highest BCUT2D eigenvalue weighted by atomic mass is 32.1. The van der Waals surface area contributed by atoms with Crippen LogP contribution in [0.3, 0.4) is 0 Å². The molecule has 0 radical (unpaired) electrons. The quantitative estimate of drug-likeness (QED) is 0.788. The van der Waals surface area contributed by atoms with Gasteiger partial charge in [0.2, 0.25) is 5.91 Å². The fourth-order valence-electron chi connectivity index (χ4n) is 1.98. The van der Waals surface area contributed by atoms with E-state index in [1.54, 1.807) is 22.7 Å². The maximum Gasteiger partial charge on any atom is 0.226 e. The van der Waals surface area contributed by atoms with Crippen molar-refractivity contribution < 1.29 is 4.79 Å². The molecule has 104 valence electrons. The number of carbonyl (C=O) groups is 1. The number of fused-ring (bicyclic) bond motifs is 1. The molecule has 0 aromatic carbocycles. The highest BCUT2D eigenvalue weighted by Crippen LogP contribution is 2.16. The molecule has 3 rings (SSSR count). The monoisotopic (exact) mass is 305 g/mol. The molecule has 20 heavy (non-hydrogen) atoms. The summed E-state index contributed by atoms with van der Waals surface area (Å²) in [6, 6.07) is 4.20. The minimum atomic E-state index is 0.0159. The van der Waals surface area contributed by atoms with Gasteiger partial charge in [0.05, 0.1) is 18.7 Å². The number of hydrogen-bond acceptors (Lipinski definition) is 4. The number of aryl methyl sites for hydroxylation is 1. The van der Waals surface area contributed by atoms with Crippen LogP contribution in [0.25, 0.3) is 4.96 Å². The zero-order valence-electron chi connectivity index (χ0n) is 11.1. The van der Waals surface area contributed by atoms with Gasteiger partial charge in [0, 0.05) is 27.5 Å². The molecule has 0 aliphatic carbocycles. The molecule has 6 heteroatoms. The molecule has 0 saturated heterocycles. The van der Waals surface area contributed by atoms with Crippen molar-refractivity contribution in [2.24, 2.45) is 0 Å². The van der Waals surface area contributed by atoms with Crippen LogP contribution in [0, 0.1) is 0 Å². The van der Waals surface area contributed by atoms with Gasteiger partial charge in [0.1, 0.15) is 0 Å². The normalized spacial score (nSPS) is 11.1. The van der Waals surface area contributed by atoms with Crippen molar-refractivity contribution in [2.45, 2.75) is 26.3 Å². The van der Waals surface area contributed by atoms with Crippen LogP contribution in [0.2, 0.25) is 0 Å². The Bertz CT molecular complexity index is 697. The Labute approximate surface area is 125 Å². The summed E-state index contributed by atoms with van der Waals surface area (Å²) in [7, 11) is 0. The van der Waals surface area contributed by atoms with Crippen molar-refractivity contribution in [3.63, 3.8) is 0 Å². The predicted octanol–water partition coefficient (Wildman–Crippen LogP) is 2.88. The van der Waals surface area contributed by atoms with Crippen molar-refractivity contribution in [1.29, 1.82) is 0 Å². The van der Waals surface area contributed by atoms with Gasteiger partial charge in [-0.15, -0.1) is 22.7 Å². The second-order valence-electron chi connectivity index (χ2n) is 4.50. The molecular weight excluding hydrogens is 290 g/mol. The SMILES string of the molecule is CCc1ccc(CNC(=O)Cc2cn3ccsc3n2)s1. The zero-order chi connectivity index (χ0) is 13.9. The van der Waals surface area contributed by atoms with E-state index in [1.165, 1.54) is 9.75 Å². The van der Waals surface area contributed by atoms with Crippen LogP contribution in [0.15, 0.2) is 29.9 Å². The van der Waals surface area contributed by atoms with Gasteiger partial charge in [-0.25, -0.2) is 4.98 Å². The van der Waals surface area contributed by atoms with Gasteiger partial charge in [-0.05, 0) is 18.6 Å². The van der Waals surface area contributed by atoms with Crippen molar-refractivity contribution in [1.82, 2.24) is 14.7 Å². The standard InChI is InChI=1S/C14H15N3OS2/c1-2-11-3-4-12(20-11)8-15-13(18)7-10-9-17-5-6-19-14(17)16-10/h3-6,9H,2,7-8H2,1H3,(H,15,18). The molecule has 0 aliphatic rings. The van der Waals surface area contributed by atoms with Gasteiger partial charge in [0.25, 0.3) is 0 Å². The second-order valence-corrected chi connectivity index (χ2v) is 6.63. The van der Waals surface area contributed by atoms with Crippen molar-refractivity contribution in [3.05, 3.63) is 45.4 Å². The number of thiophene rings is 1. The lowest BCUT2D eigenvalue weighted by molar-refractivity contribution is -0.120. The van der Waals surface area contributed by atoms with E-state index in [4.69, 9.17) is 0 Å². The summed E-state index contributed by atoms with van der Waals surface area (Å²) in [6.07, 6.45) is 5.24. The van der Waals surface area contributed by atoms with Crippen LogP contribution in [0.5, 0.6) is 0 Å². The van der Waals surface area contributed by atoms with Crippen LogP contribution in [-0.2, 0) is 24.2 Å². The van der Waals surface area contributed by atoms with Gasteiger partial charge < -0.3 is 5.32 Å². The first-order chi connectivity index (χ1) is 9.74. The first kappa shape index (κ1) is 13.3. The Hall–Kier alpha value is -1.66. The maximum absolute atomic E-state index is 11.9. The van der Waals surface area contributed by atoms with E-state index in [1.807, 2.05) is 22.2 Å². The number of rotatable bonds is 5. The highest BCUT2D eigenvalue weighted by Gasteiger charge is 2.08. The first-order valence-corrected chi connectivity index (χ1v) is 8.19. The van der Waals surface area contributed by atoms with E-state index in [0.29, 0.717) is 13.0 Å². The lowest BCUT2D eigenvalue weighted by Gasteiger charge is -2.01. The third-order valence-electron chi connectivity index (χ3n) is 3.01. The summed E-state index contributed by atoms with van der Waals surface area (Å²) in [5, 5.41) is 4.93. The molecule has 0 fully saturated rings. The minimum Gasteiger partial charge on any atom is -0.351 e. The topological polar surface area (TPSA) is 46.4 Å². The third-order valence-corrected chi connectivity index (χ3v) is 5.01. The minimum absolute atomic E-state index is 0.0159. The van der Waals surface area contributed by atoms with Crippen LogP contribution < -0.4 is 5.32 Å². The Balaban J connectivity index is 1.55. The Morgan fingerprint density at radius 1 is 1.40 bits per heavy atom. The molecule has 0 saturated carbocycles. The Morgan fingerprint density at radius 2 is 2.25 bits per heavy atom. The van der Waals surface area contributed by atoms with Gasteiger partial charge in [-0.1, -0.05) is 6.92 Å². The van der Waals surface area contributed by atoms with Gasteiger partial charge in [-0.3, -0.25) is 9.20 Å². The Kier molecular flexibility index (Phi) is 3.84. The van der Waals surface area contributed by atoms with Crippen LogP contribution in [-0.4, -0.2) is 15.3 Å². The second kappa shape index (κ2) is 5.76. The van der Waals surface area contributed by atoms with Crippen LogP contribution >= 0.6 is 22.7 Å². The molecule has 3 heterocycles. The van der Waals surface area contributed by atoms with E-state index in [2.05, 4.69) is 29.4 Å². The summed E-state index contributed by atoms with van der Waals surface area (Å²) >= 11 is 3.33. The lowest BCUT2D eigenvalue weighted by Crippen LogP contribution is -2.24. The largest absolute Gasteiger partial charge is 0.351 e. The van der Waals surface area contributed by atoms with Crippen molar-refractivity contribution in [2.75, 3.05) is 0 Å². The van der Waals surface area contributed by atoms with E-state index in [9.17, 15) is 4.79 Å². The molecule has 0 atom stereocenters. The number of thiazole rings is 1. The maximum atomic E-state index is 11.9. The van der Waals surface area contributed by atoms with Crippen molar-refractivity contribution in [3.8, 4) is 0 Å². The van der Waals surface area contributed by atoms with Gasteiger partial charge >= 0.3 is 0 Å². The number of carbonyl (C=O) groups excluding carboxylic acids is 1. The predicted molar refractivity (Wildman–Crippen MR) is 82.3 cm³/mol. The molecule has 3 aromatic heterocycles. The Morgan fingerprint density at radius 3 is 3.00 bits per heavy atom. The summed E-state index contributed by atoms with van der Waals surface area (Å²) in [6.45, 7) is 2.74. The van der Waals surface area contributed by atoms with Crippen molar-refractivity contribution >= 4 is 33.5 Å². The summed E-state index contributed by atoms with van der Waals surface area (Å²) in [5.74, 6) is 0.0159. The number of hydrogen-bond donors (Lipinski definition) is 1. The molecule has 3 aromatic rings. The molecule has 0 aliphatic heterocycles. The molecule has 1 N–H and O–H groups in total. The molecule has 0 bridgehead atoms. The third kappa shape index (κ3) is 2.91. The molecule has 1 amide bonds. The van der Waals surface area contributed by atoms with Gasteiger partial charge in [-0.2, -0.15) is 0 Å². The zero-order valence-corrected chi connectivity index (χ0v) is 12.8. The summed E-state index contributed by atoms with van der Waals surface area (Å²) < 4.78 is 1.94. The lowest BCUT2D eigenvalue weighted by atomic mass is 10.3. The van der Waals surface area contributed by atoms with Crippen LogP contribution in [0.1, 0.15) is 22.4 Å². The van der Waals surface area contributed by atoms with E-state index in [-0.39, 0.29) is 5.91 Å². The van der Waals surface area contributed by atoms with Crippen LogP contribution in [0.4, 0.5) is 0 Å². The fraction of sp³-hybridized carbons (Fsp3) is 0.286. The number of imidazole rings is 1. The highest BCUT2D eigenvalue weighted by molar-refractivity contribution is 7.15. The molecular formula is C14H15N3OS2.